The zero-order valence-corrected chi connectivity index (χ0v) is 14.7. The van der Waals surface area contributed by atoms with Gasteiger partial charge in [-0.25, -0.2) is 13.2 Å². The molecule has 1 atom stereocenters. The second-order valence-corrected chi connectivity index (χ2v) is 8.52. The Hall–Kier alpha value is -1.12. The first-order chi connectivity index (χ1) is 10.2. The van der Waals surface area contributed by atoms with Crippen LogP contribution in [0, 0.1) is 5.92 Å². The van der Waals surface area contributed by atoms with Crippen molar-refractivity contribution in [2.75, 3.05) is 24.3 Å². The molecule has 2 rings (SSSR count). The van der Waals surface area contributed by atoms with Crippen molar-refractivity contribution in [2.24, 2.45) is 5.92 Å². The summed E-state index contributed by atoms with van der Waals surface area (Å²) in [6.07, 6.45) is 0.0981. The van der Waals surface area contributed by atoms with Crippen molar-refractivity contribution < 1.29 is 22.7 Å². The predicted octanol–water partition coefficient (Wildman–Crippen LogP) is 2.16. The van der Waals surface area contributed by atoms with Crippen LogP contribution in [0.3, 0.4) is 0 Å². The van der Waals surface area contributed by atoms with E-state index < -0.39 is 15.0 Å². The van der Waals surface area contributed by atoms with Crippen LogP contribution in [0.25, 0.3) is 0 Å². The molecule has 6 nitrogen and oxygen atoms in total. The van der Waals surface area contributed by atoms with Gasteiger partial charge in [0.15, 0.2) is 0 Å². The number of halogens is 2. The van der Waals surface area contributed by atoms with Gasteiger partial charge >= 0.3 is 5.97 Å². The summed E-state index contributed by atoms with van der Waals surface area (Å²) in [5, 5.41) is 0. The normalized spacial score (nSPS) is 18.6. The lowest BCUT2D eigenvalue weighted by molar-refractivity contribution is -0.117. The van der Waals surface area contributed by atoms with Crippen LogP contribution in [0.15, 0.2) is 22.7 Å². The van der Waals surface area contributed by atoms with Crippen LogP contribution >= 0.6 is 26.6 Å². The van der Waals surface area contributed by atoms with Gasteiger partial charge in [0.2, 0.25) is 15.0 Å². The average molecular weight is 411 g/mol. The van der Waals surface area contributed by atoms with Gasteiger partial charge in [0.1, 0.15) is 0 Å². The molecule has 0 saturated carbocycles. The standard InChI is InChI=1S/C13H13BrClNO5S/c1-21-13(18)9-3-2-4-10(12(9)14)16-6-8(5-11(16)17)7-22(15,19)20/h2-4,8H,5-7H2,1H3. The van der Waals surface area contributed by atoms with E-state index in [1.807, 2.05) is 0 Å². The van der Waals surface area contributed by atoms with Crippen LogP contribution in [0.1, 0.15) is 16.8 Å². The first kappa shape index (κ1) is 17.2. The van der Waals surface area contributed by atoms with Crippen LogP contribution in [-0.4, -0.2) is 39.7 Å². The summed E-state index contributed by atoms with van der Waals surface area (Å²) in [6, 6.07) is 4.87. The second-order valence-electron chi connectivity index (χ2n) is 4.91. The number of carbonyl (C=O) groups excluding carboxylic acids is 2. The Kier molecular flexibility index (Phi) is 5.14. The number of hydrogen-bond donors (Lipinski definition) is 0. The van der Waals surface area contributed by atoms with Gasteiger partial charge in [0, 0.05) is 29.6 Å². The topological polar surface area (TPSA) is 80.8 Å². The molecule has 0 spiro atoms. The second kappa shape index (κ2) is 6.55. The number of benzene rings is 1. The number of ether oxygens (including phenoxy) is 1. The Morgan fingerprint density at radius 2 is 2.18 bits per heavy atom. The van der Waals surface area contributed by atoms with Crippen LogP contribution in [0.5, 0.6) is 0 Å². The fourth-order valence-electron chi connectivity index (χ4n) is 2.40. The van der Waals surface area contributed by atoms with E-state index in [1.165, 1.54) is 12.0 Å². The molecule has 1 amide bonds. The molecule has 0 bridgehead atoms. The highest BCUT2D eigenvalue weighted by atomic mass is 79.9. The van der Waals surface area contributed by atoms with E-state index >= 15 is 0 Å². The fraction of sp³-hybridized carbons (Fsp3) is 0.385. The van der Waals surface area contributed by atoms with Gasteiger partial charge in [0.25, 0.3) is 0 Å². The van der Waals surface area contributed by atoms with Crippen LogP contribution in [0.2, 0.25) is 0 Å². The van der Waals surface area contributed by atoms with E-state index in [1.54, 1.807) is 18.2 Å². The van der Waals surface area contributed by atoms with E-state index in [9.17, 15) is 18.0 Å². The number of nitrogens with zero attached hydrogens (tertiary/aromatic N) is 1. The van der Waals surface area contributed by atoms with E-state index in [0.29, 0.717) is 15.7 Å². The first-order valence-corrected chi connectivity index (χ1v) is 9.59. The number of esters is 1. The molecular weight excluding hydrogens is 398 g/mol. The third-order valence-electron chi connectivity index (χ3n) is 3.31. The number of methoxy groups -OCH3 is 1. The summed E-state index contributed by atoms with van der Waals surface area (Å²) in [5.41, 5.74) is 0.795. The minimum Gasteiger partial charge on any atom is -0.465 e. The maximum absolute atomic E-state index is 12.1. The van der Waals surface area contributed by atoms with Crippen molar-refractivity contribution in [3.05, 3.63) is 28.2 Å². The van der Waals surface area contributed by atoms with Crippen molar-refractivity contribution >= 4 is 53.2 Å². The lowest BCUT2D eigenvalue weighted by atomic mass is 10.1. The SMILES string of the molecule is COC(=O)c1cccc(N2CC(CS(=O)(=O)Cl)CC2=O)c1Br. The van der Waals surface area contributed by atoms with Gasteiger partial charge in [-0.15, -0.1) is 0 Å². The molecule has 120 valence electrons. The third-order valence-corrected chi connectivity index (χ3v) is 5.40. The highest BCUT2D eigenvalue weighted by molar-refractivity contribution is 9.10. The Bertz CT molecular complexity index is 721. The number of amides is 1. The molecule has 9 heteroatoms. The van der Waals surface area contributed by atoms with Gasteiger partial charge in [-0.3, -0.25) is 4.79 Å². The summed E-state index contributed by atoms with van der Waals surface area (Å²) in [7, 11) is 2.85. The van der Waals surface area contributed by atoms with Crippen molar-refractivity contribution in [2.45, 2.75) is 6.42 Å². The fourth-order valence-corrected chi connectivity index (χ4v) is 4.36. The Morgan fingerprint density at radius 3 is 2.77 bits per heavy atom. The lowest BCUT2D eigenvalue weighted by Gasteiger charge is -2.19. The van der Waals surface area contributed by atoms with Crippen LogP contribution in [-0.2, 0) is 18.6 Å². The Labute approximate surface area is 140 Å². The Morgan fingerprint density at radius 1 is 1.50 bits per heavy atom. The number of rotatable bonds is 4. The Balaban J connectivity index is 2.29. The molecule has 0 radical (unpaired) electrons. The minimum atomic E-state index is -3.66. The van der Waals surface area contributed by atoms with Crippen molar-refractivity contribution in [1.29, 1.82) is 0 Å². The predicted molar refractivity (Wildman–Crippen MR) is 85.6 cm³/mol. The molecule has 0 aliphatic carbocycles. The van der Waals surface area contributed by atoms with E-state index in [0.717, 1.165) is 0 Å². The number of anilines is 1. The van der Waals surface area contributed by atoms with Crippen LogP contribution in [0.4, 0.5) is 5.69 Å². The quantitative estimate of drug-likeness (QED) is 0.561. The van der Waals surface area contributed by atoms with Gasteiger partial charge in [-0.05, 0) is 28.1 Å². The van der Waals surface area contributed by atoms with Gasteiger partial charge < -0.3 is 9.64 Å². The summed E-state index contributed by atoms with van der Waals surface area (Å²) >= 11 is 3.30. The highest BCUT2D eigenvalue weighted by Gasteiger charge is 2.34. The molecular formula is C13H13BrClNO5S. The molecule has 0 N–H and O–H groups in total. The summed E-state index contributed by atoms with van der Waals surface area (Å²) in [4.78, 5) is 25.3. The van der Waals surface area contributed by atoms with E-state index in [-0.39, 0.29) is 30.5 Å². The molecule has 0 aromatic heterocycles. The molecule has 1 saturated heterocycles. The van der Waals surface area contributed by atoms with Crippen LogP contribution < -0.4 is 4.90 Å². The average Bonchev–Trinajstić information content (AvgIpc) is 2.76. The first-order valence-electron chi connectivity index (χ1n) is 6.32. The van der Waals surface area contributed by atoms with Gasteiger partial charge in [0.05, 0.1) is 28.6 Å². The summed E-state index contributed by atoms with van der Waals surface area (Å²) in [6.45, 7) is 0.230. The molecule has 1 unspecified atom stereocenters. The molecule has 1 aromatic carbocycles. The molecule has 1 aliphatic heterocycles. The molecule has 1 aliphatic rings. The minimum absolute atomic E-state index is 0.0981. The van der Waals surface area contributed by atoms with E-state index in [2.05, 4.69) is 20.7 Å². The summed E-state index contributed by atoms with van der Waals surface area (Å²) < 4.78 is 27.4. The van der Waals surface area contributed by atoms with Crippen molar-refractivity contribution in [3.8, 4) is 0 Å². The zero-order chi connectivity index (χ0) is 16.5. The molecule has 1 aromatic rings. The van der Waals surface area contributed by atoms with Gasteiger partial charge in [-0.1, -0.05) is 6.07 Å². The monoisotopic (exact) mass is 409 g/mol. The third kappa shape index (κ3) is 3.80. The maximum Gasteiger partial charge on any atom is 0.339 e. The number of carbonyl (C=O) groups is 2. The van der Waals surface area contributed by atoms with Crippen molar-refractivity contribution in [3.63, 3.8) is 0 Å². The maximum atomic E-state index is 12.1. The zero-order valence-electron chi connectivity index (χ0n) is 11.6. The molecule has 1 heterocycles. The highest BCUT2D eigenvalue weighted by Crippen LogP contribution is 2.34. The smallest absolute Gasteiger partial charge is 0.339 e. The lowest BCUT2D eigenvalue weighted by Crippen LogP contribution is -2.26. The summed E-state index contributed by atoms with van der Waals surface area (Å²) in [5.74, 6) is -1.37. The molecule has 22 heavy (non-hydrogen) atoms. The number of hydrogen-bond acceptors (Lipinski definition) is 5. The van der Waals surface area contributed by atoms with Crippen molar-refractivity contribution in [1.82, 2.24) is 0 Å². The van der Waals surface area contributed by atoms with E-state index in [4.69, 9.17) is 10.7 Å². The largest absolute Gasteiger partial charge is 0.465 e. The molecule has 1 fully saturated rings. The van der Waals surface area contributed by atoms with Gasteiger partial charge in [-0.2, -0.15) is 0 Å².